The molecule has 2 aliphatic heterocycles. The number of allylic oxidation sites excluding steroid dienone is 1. The number of hydrogen-bond donors (Lipinski definition) is 1. The molecular formula is C20H30O4. The first-order valence-corrected chi connectivity index (χ1v) is 9.36. The standard InChI is InChI=1S/C20H30O4/c1-12-6-7-13-15(21)16-19(4,24-16)9-8-14-18(3,23-14)11-10-17(12,2)20(13,5)22/h7,12,14,16,22H,6,8-11H2,1-5H3/t12-,14-,16-,17+,18+,19+,20-/m1/s1. The van der Waals surface area contributed by atoms with Crippen LogP contribution in [0.3, 0.4) is 0 Å². The minimum Gasteiger partial charge on any atom is -0.385 e. The van der Waals surface area contributed by atoms with Crippen molar-refractivity contribution in [2.75, 3.05) is 0 Å². The van der Waals surface area contributed by atoms with E-state index in [0.29, 0.717) is 11.5 Å². The molecule has 7 atom stereocenters. The molecule has 0 unspecified atom stereocenters. The van der Waals surface area contributed by atoms with Crippen LogP contribution in [0.1, 0.15) is 66.7 Å². The van der Waals surface area contributed by atoms with E-state index < -0.39 is 11.7 Å². The number of epoxide rings is 2. The van der Waals surface area contributed by atoms with Crippen LogP contribution in [-0.4, -0.2) is 39.9 Å². The molecule has 4 rings (SSSR count). The first-order valence-electron chi connectivity index (χ1n) is 9.36. The van der Waals surface area contributed by atoms with Crippen molar-refractivity contribution in [3.8, 4) is 0 Å². The van der Waals surface area contributed by atoms with Gasteiger partial charge in [-0.05, 0) is 58.8 Å². The van der Waals surface area contributed by atoms with Gasteiger partial charge in [-0.3, -0.25) is 4.79 Å². The molecule has 0 aromatic carbocycles. The summed E-state index contributed by atoms with van der Waals surface area (Å²) in [6.07, 6.45) is 6.22. The molecule has 0 amide bonds. The third-order valence-electron chi connectivity index (χ3n) is 7.87. The van der Waals surface area contributed by atoms with Gasteiger partial charge in [0, 0.05) is 11.0 Å². The topological polar surface area (TPSA) is 62.4 Å². The molecule has 2 saturated heterocycles. The smallest absolute Gasteiger partial charge is 0.193 e. The van der Waals surface area contributed by atoms with Crippen LogP contribution in [0.25, 0.3) is 0 Å². The van der Waals surface area contributed by atoms with Crippen molar-refractivity contribution in [3.05, 3.63) is 11.6 Å². The summed E-state index contributed by atoms with van der Waals surface area (Å²) in [4.78, 5) is 13.1. The Kier molecular flexibility index (Phi) is 3.29. The van der Waals surface area contributed by atoms with E-state index in [1.165, 1.54) is 0 Å². The Hall–Kier alpha value is -0.710. The van der Waals surface area contributed by atoms with E-state index in [9.17, 15) is 9.90 Å². The molecule has 0 aromatic rings. The summed E-state index contributed by atoms with van der Waals surface area (Å²) in [6.45, 7) is 10.3. The third kappa shape index (κ3) is 2.12. The molecule has 24 heavy (non-hydrogen) atoms. The Balaban J connectivity index is 1.74. The second-order valence-electron chi connectivity index (χ2n) is 9.38. The van der Waals surface area contributed by atoms with E-state index in [0.717, 1.165) is 32.1 Å². The van der Waals surface area contributed by atoms with Crippen molar-refractivity contribution in [1.29, 1.82) is 0 Å². The predicted molar refractivity (Wildman–Crippen MR) is 90.6 cm³/mol. The van der Waals surface area contributed by atoms with Crippen LogP contribution < -0.4 is 0 Å². The lowest BCUT2D eigenvalue weighted by molar-refractivity contribution is -0.125. The largest absolute Gasteiger partial charge is 0.385 e. The lowest BCUT2D eigenvalue weighted by atomic mass is 9.56. The van der Waals surface area contributed by atoms with Crippen LogP contribution in [0.5, 0.6) is 0 Å². The van der Waals surface area contributed by atoms with Crippen molar-refractivity contribution < 1.29 is 19.4 Å². The minimum absolute atomic E-state index is 0.0133. The maximum absolute atomic E-state index is 13.1. The van der Waals surface area contributed by atoms with E-state index in [1.807, 2.05) is 19.9 Å². The molecule has 0 spiro atoms. The number of ketones is 1. The number of fused-ring (bicyclic) bond motifs is 4. The predicted octanol–water partition coefficient (Wildman–Crippen LogP) is 3.17. The molecule has 134 valence electrons. The maximum Gasteiger partial charge on any atom is 0.193 e. The molecule has 1 N–H and O–H groups in total. The van der Waals surface area contributed by atoms with Gasteiger partial charge in [0.2, 0.25) is 0 Å². The first kappa shape index (κ1) is 16.7. The summed E-state index contributed by atoms with van der Waals surface area (Å²) in [5.41, 5.74) is -1.37. The van der Waals surface area contributed by atoms with Crippen LogP contribution in [0.4, 0.5) is 0 Å². The van der Waals surface area contributed by atoms with Gasteiger partial charge < -0.3 is 14.6 Å². The fourth-order valence-corrected chi connectivity index (χ4v) is 5.07. The van der Waals surface area contributed by atoms with Gasteiger partial charge >= 0.3 is 0 Å². The van der Waals surface area contributed by atoms with E-state index in [1.54, 1.807) is 0 Å². The molecule has 2 aliphatic carbocycles. The number of aliphatic hydroxyl groups is 1. The number of carbonyl (C=O) groups excluding carboxylic acids is 1. The number of ether oxygens (including phenoxy) is 2. The molecule has 1 saturated carbocycles. The Bertz CT molecular complexity index is 623. The Morgan fingerprint density at radius 2 is 1.79 bits per heavy atom. The maximum atomic E-state index is 13.1. The monoisotopic (exact) mass is 334 g/mol. The Morgan fingerprint density at radius 1 is 1.08 bits per heavy atom. The van der Waals surface area contributed by atoms with Crippen LogP contribution in [0.15, 0.2) is 11.6 Å². The molecule has 4 heteroatoms. The number of hydrogen-bond acceptors (Lipinski definition) is 4. The van der Waals surface area contributed by atoms with Crippen molar-refractivity contribution in [3.63, 3.8) is 0 Å². The highest BCUT2D eigenvalue weighted by molar-refractivity contribution is 6.03. The van der Waals surface area contributed by atoms with Gasteiger partial charge in [0.05, 0.1) is 17.3 Å². The fourth-order valence-electron chi connectivity index (χ4n) is 5.07. The van der Waals surface area contributed by atoms with Crippen molar-refractivity contribution in [2.45, 2.75) is 95.7 Å². The van der Waals surface area contributed by atoms with Gasteiger partial charge in [-0.25, -0.2) is 0 Å². The Morgan fingerprint density at radius 3 is 2.50 bits per heavy atom. The molecule has 4 aliphatic rings. The minimum atomic E-state index is -1.13. The van der Waals surface area contributed by atoms with E-state index in [4.69, 9.17) is 9.47 Å². The van der Waals surface area contributed by atoms with Gasteiger partial charge in [-0.15, -0.1) is 0 Å². The number of Topliss-reactive ketones (excluding diaryl/α,β-unsaturated/α-hetero) is 1. The zero-order valence-electron chi connectivity index (χ0n) is 15.5. The van der Waals surface area contributed by atoms with Crippen molar-refractivity contribution >= 4 is 5.78 Å². The molecule has 3 fully saturated rings. The average molecular weight is 334 g/mol. The van der Waals surface area contributed by atoms with Crippen LogP contribution >= 0.6 is 0 Å². The number of rotatable bonds is 0. The summed E-state index contributed by atoms with van der Waals surface area (Å²) in [5.74, 6) is 0.306. The normalized spacial score (nSPS) is 57.0. The van der Waals surface area contributed by atoms with E-state index >= 15 is 0 Å². The van der Waals surface area contributed by atoms with Gasteiger partial charge in [-0.1, -0.05) is 19.9 Å². The van der Waals surface area contributed by atoms with Crippen molar-refractivity contribution in [1.82, 2.24) is 0 Å². The van der Waals surface area contributed by atoms with Crippen LogP contribution in [0.2, 0.25) is 0 Å². The summed E-state index contributed by atoms with van der Waals surface area (Å²) in [6, 6.07) is 0. The second kappa shape index (κ2) is 4.72. The molecule has 2 heterocycles. The number of carbonyl (C=O) groups is 1. The summed E-state index contributed by atoms with van der Waals surface area (Å²) in [5, 5.41) is 11.5. The SMILES string of the molecule is C[C@@H]1CC=C2C(=O)[C@H]3O[C@@]3(C)CC[C@H]3O[C@@]3(C)CC[C@]1(C)[C@]2(C)O. The fraction of sp³-hybridized carbons (Fsp3) is 0.850. The molecule has 0 aromatic heterocycles. The van der Waals surface area contributed by atoms with E-state index in [-0.39, 0.29) is 28.5 Å². The second-order valence-corrected chi connectivity index (χ2v) is 9.38. The summed E-state index contributed by atoms with van der Waals surface area (Å²) in [7, 11) is 0. The zero-order valence-corrected chi connectivity index (χ0v) is 15.5. The highest BCUT2D eigenvalue weighted by atomic mass is 16.6. The third-order valence-corrected chi connectivity index (χ3v) is 7.87. The van der Waals surface area contributed by atoms with Crippen LogP contribution in [-0.2, 0) is 14.3 Å². The first-order chi connectivity index (χ1) is 11.0. The van der Waals surface area contributed by atoms with Gasteiger partial charge in [0.25, 0.3) is 0 Å². The highest BCUT2D eigenvalue weighted by Gasteiger charge is 2.64. The molecule has 2 bridgehead atoms. The lowest BCUT2D eigenvalue weighted by Crippen LogP contribution is -2.54. The van der Waals surface area contributed by atoms with Gasteiger partial charge in [-0.2, -0.15) is 0 Å². The van der Waals surface area contributed by atoms with E-state index in [2.05, 4.69) is 20.8 Å². The Labute approximate surface area is 144 Å². The zero-order chi connectivity index (χ0) is 17.5. The van der Waals surface area contributed by atoms with Gasteiger partial charge in [0.1, 0.15) is 11.7 Å². The highest BCUT2D eigenvalue weighted by Crippen LogP contribution is 2.57. The van der Waals surface area contributed by atoms with Gasteiger partial charge in [0.15, 0.2) is 5.78 Å². The summed E-state index contributed by atoms with van der Waals surface area (Å²) >= 11 is 0. The van der Waals surface area contributed by atoms with Crippen molar-refractivity contribution in [2.24, 2.45) is 11.3 Å². The summed E-state index contributed by atoms with van der Waals surface area (Å²) < 4.78 is 11.8. The lowest BCUT2D eigenvalue weighted by Gasteiger charge is -2.51. The average Bonchev–Trinajstić information content (AvgIpc) is 3.36. The molecule has 4 nitrogen and oxygen atoms in total. The van der Waals surface area contributed by atoms with Crippen LogP contribution in [0, 0.1) is 11.3 Å². The molecular weight excluding hydrogens is 304 g/mol. The molecule has 0 radical (unpaired) electrons. The quantitative estimate of drug-likeness (QED) is 0.691.